The number of hydrogen-bond acceptors (Lipinski definition) is 4. The fourth-order valence-corrected chi connectivity index (χ4v) is 3.51. The number of rotatable bonds is 5. The number of aromatic hydroxyl groups is 1. The van der Waals surface area contributed by atoms with Crippen LogP contribution in [0.3, 0.4) is 0 Å². The number of fused-ring (bicyclic) bond motifs is 1. The van der Waals surface area contributed by atoms with E-state index in [-0.39, 0.29) is 19.0 Å². The van der Waals surface area contributed by atoms with E-state index >= 15 is 0 Å². The lowest BCUT2D eigenvalue weighted by Gasteiger charge is -2.27. The van der Waals surface area contributed by atoms with Gasteiger partial charge in [0.15, 0.2) is 11.4 Å². The molecule has 4 rings (SSSR count). The largest absolute Gasteiger partial charge is 0.494 e. The summed E-state index contributed by atoms with van der Waals surface area (Å²) in [5.41, 5.74) is -1.10. The second-order valence-electron chi connectivity index (χ2n) is 6.87. The minimum Gasteiger partial charge on any atom is -0.494 e. The zero-order valence-corrected chi connectivity index (χ0v) is 16.0. The highest BCUT2D eigenvalue weighted by molar-refractivity contribution is 6.07. The highest BCUT2D eigenvalue weighted by atomic mass is 19.1. The minimum absolute atomic E-state index is 0.0891. The third kappa shape index (κ3) is 3.31. The van der Waals surface area contributed by atoms with Crippen LogP contribution in [-0.4, -0.2) is 28.2 Å². The summed E-state index contributed by atoms with van der Waals surface area (Å²) in [5, 5.41) is 16.9. The SMILES string of the molecule is CC#CCOc1ccc2cn(C[C@@]3(c4ccc(F)cc4)NC(=O)NC3=O)c(O)c2c1. The van der Waals surface area contributed by atoms with Crippen molar-refractivity contribution in [3.05, 3.63) is 60.0 Å². The summed E-state index contributed by atoms with van der Waals surface area (Å²) in [6, 6.07) is 9.84. The third-order valence-corrected chi connectivity index (χ3v) is 5.01. The van der Waals surface area contributed by atoms with E-state index < -0.39 is 23.3 Å². The molecular formula is C22H18FN3O4. The van der Waals surface area contributed by atoms with Crippen LogP contribution >= 0.6 is 0 Å². The van der Waals surface area contributed by atoms with Gasteiger partial charge in [0.1, 0.15) is 18.2 Å². The Morgan fingerprint density at radius 2 is 1.97 bits per heavy atom. The van der Waals surface area contributed by atoms with E-state index in [1.807, 2.05) is 0 Å². The highest BCUT2D eigenvalue weighted by Gasteiger charge is 2.48. The van der Waals surface area contributed by atoms with Crippen molar-refractivity contribution in [2.75, 3.05) is 6.61 Å². The van der Waals surface area contributed by atoms with Crippen LogP contribution in [0.1, 0.15) is 12.5 Å². The van der Waals surface area contributed by atoms with Gasteiger partial charge in [-0.05, 0) is 42.8 Å². The van der Waals surface area contributed by atoms with E-state index in [0.717, 1.165) is 5.39 Å². The molecule has 0 unspecified atom stereocenters. The Morgan fingerprint density at radius 3 is 2.63 bits per heavy atom. The molecule has 0 aliphatic carbocycles. The van der Waals surface area contributed by atoms with Crippen LogP contribution in [0.2, 0.25) is 0 Å². The summed E-state index contributed by atoms with van der Waals surface area (Å²) in [6.45, 7) is 1.85. The van der Waals surface area contributed by atoms with E-state index in [1.54, 1.807) is 31.3 Å². The summed E-state index contributed by atoms with van der Waals surface area (Å²) >= 11 is 0. The van der Waals surface area contributed by atoms with Gasteiger partial charge in [0.25, 0.3) is 5.91 Å². The van der Waals surface area contributed by atoms with Crippen molar-refractivity contribution in [3.63, 3.8) is 0 Å². The van der Waals surface area contributed by atoms with E-state index in [4.69, 9.17) is 4.74 Å². The molecule has 0 spiro atoms. The Balaban J connectivity index is 1.73. The Kier molecular flexibility index (Phi) is 4.80. The Morgan fingerprint density at radius 1 is 1.20 bits per heavy atom. The molecule has 0 bridgehead atoms. The average molecular weight is 407 g/mol. The molecule has 1 aliphatic heterocycles. The van der Waals surface area contributed by atoms with Crippen molar-refractivity contribution in [2.45, 2.75) is 19.0 Å². The van der Waals surface area contributed by atoms with Crippen molar-refractivity contribution in [3.8, 4) is 23.5 Å². The molecule has 8 heteroatoms. The second-order valence-corrected chi connectivity index (χ2v) is 6.87. The summed E-state index contributed by atoms with van der Waals surface area (Å²) in [4.78, 5) is 24.6. The molecule has 0 radical (unpaired) electrons. The van der Waals surface area contributed by atoms with Gasteiger partial charge in [0.2, 0.25) is 0 Å². The molecular weight excluding hydrogens is 389 g/mol. The number of imide groups is 1. The second kappa shape index (κ2) is 7.44. The van der Waals surface area contributed by atoms with Crippen molar-refractivity contribution in [2.24, 2.45) is 0 Å². The van der Waals surface area contributed by atoms with Gasteiger partial charge < -0.3 is 19.7 Å². The van der Waals surface area contributed by atoms with Crippen LogP contribution < -0.4 is 15.4 Å². The fourth-order valence-electron chi connectivity index (χ4n) is 3.51. The number of carbonyl (C=O) groups is 2. The van der Waals surface area contributed by atoms with Crippen LogP contribution in [0, 0.1) is 17.7 Å². The minimum atomic E-state index is -1.49. The van der Waals surface area contributed by atoms with E-state index in [0.29, 0.717) is 16.7 Å². The van der Waals surface area contributed by atoms with Crippen LogP contribution in [0.5, 0.6) is 11.6 Å². The molecule has 3 amide bonds. The van der Waals surface area contributed by atoms with Crippen molar-refractivity contribution < 1.29 is 23.8 Å². The molecule has 2 heterocycles. The number of ether oxygens (including phenoxy) is 1. The number of nitrogens with one attached hydrogen (secondary N) is 2. The molecule has 152 valence electrons. The lowest BCUT2D eigenvalue weighted by Crippen LogP contribution is -2.47. The molecule has 0 saturated carbocycles. The molecule has 1 aliphatic rings. The van der Waals surface area contributed by atoms with Gasteiger partial charge in [-0.25, -0.2) is 9.18 Å². The predicted octanol–water partition coefficient (Wildman–Crippen LogP) is 2.62. The molecule has 3 aromatic rings. The summed E-state index contributed by atoms with van der Waals surface area (Å²) in [6.07, 6.45) is 1.67. The molecule has 1 aromatic heterocycles. The van der Waals surface area contributed by atoms with Crippen LogP contribution in [0.15, 0.2) is 48.7 Å². The van der Waals surface area contributed by atoms with E-state index in [1.165, 1.54) is 28.8 Å². The molecule has 2 aromatic carbocycles. The van der Waals surface area contributed by atoms with Crippen LogP contribution in [-0.2, 0) is 16.9 Å². The molecule has 30 heavy (non-hydrogen) atoms. The number of urea groups is 1. The number of aromatic nitrogens is 1. The summed E-state index contributed by atoms with van der Waals surface area (Å²) in [7, 11) is 0. The highest BCUT2D eigenvalue weighted by Crippen LogP contribution is 2.34. The van der Waals surface area contributed by atoms with Gasteiger partial charge in [-0.2, -0.15) is 0 Å². The molecule has 1 saturated heterocycles. The maximum Gasteiger partial charge on any atom is 0.322 e. The number of halogens is 1. The van der Waals surface area contributed by atoms with Gasteiger partial charge in [-0.1, -0.05) is 18.1 Å². The van der Waals surface area contributed by atoms with Crippen LogP contribution in [0.25, 0.3) is 10.8 Å². The zero-order chi connectivity index (χ0) is 21.3. The van der Waals surface area contributed by atoms with E-state index in [9.17, 15) is 19.1 Å². The van der Waals surface area contributed by atoms with Gasteiger partial charge >= 0.3 is 6.03 Å². The first kappa shape index (κ1) is 19.3. The normalized spacial score (nSPS) is 17.9. The quantitative estimate of drug-likeness (QED) is 0.448. The molecule has 3 N–H and O–H groups in total. The number of carbonyl (C=O) groups excluding carboxylic acids is 2. The van der Waals surface area contributed by atoms with Crippen LogP contribution in [0.4, 0.5) is 9.18 Å². The van der Waals surface area contributed by atoms with Gasteiger partial charge in [0, 0.05) is 17.0 Å². The monoisotopic (exact) mass is 407 g/mol. The van der Waals surface area contributed by atoms with Crippen molar-refractivity contribution >= 4 is 22.7 Å². The lowest BCUT2D eigenvalue weighted by atomic mass is 9.89. The first-order chi connectivity index (χ1) is 14.4. The molecule has 1 atom stereocenters. The topological polar surface area (TPSA) is 92.6 Å². The maximum atomic E-state index is 13.4. The first-order valence-corrected chi connectivity index (χ1v) is 9.17. The standard InChI is InChI=1S/C22H18FN3O4/c1-2-3-10-30-17-9-4-14-12-26(19(27)18(14)11-17)13-22(20(28)24-21(29)25-22)15-5-7-16(23)8-6-15/h4-9,11-12,27H,10,13H2,1H3,(H2,24,25,28,29)/t22-/m0/s1. The number of benzene rings is 2. The van der Waals surface area contributed by atoms with Crippen molar-refractivity contribution in [1.82, 2.24) is 15.2 Å². The number of nitrogens with zero attached hydrogens (tertiary/aromatic N) is 1. The Labute approximate surface area is 171 Å². The Hall–Kier alpha value is -3.99. The Bertz CT molecular complexity index is 1210. The third-order valence-electron chi connectivity index (χ3n) is 5.01. The van der Waals surface area contributed by atoms with Gasteiger partial charge in [0.05, 0.1) is 6.54 Å². The number of amides is 3. The lowest BCUT2D eigenvalue weighted by molar-refractivity contribution is -0.124. The fraction of sp³-hybridized carbons (Fsp3) is 0.182. The number of hydrogen-bond donors (Lipinski definition) is 3. The average Bonchev–Trinajstić information content (AvgIpc) is 3.19. The maximum absolute atomic E-state index is 13.4. The van der Waals surface area contributed by atoms with Crippen molar-refractivity contribution in [1.29, 1.82) is 0 Å². The summed E-state index contributed by atoms with van der Waals surface area (Å²) in [5.74, 6) is 4.94. The first-order valence-electron chi connectivity index (χ1n) is 9.17. The van der Waals surface area contributed by atoms with Gasteiger partial charge in [-0.15, -0.1) is 5.92 Å². The zero-order valence-electron chi connectivity index (χ0n) is 16.0. The molecule has 7 nitrogen and oxygen atoms in total. The van der Waals surface area contributed by atoms with Gasteiger partial charge in [-0.3, -0.25) is 10.1 Å². The predicted molar refractivity (Wildman–Crippen MR) is 107 cm³/mol. The van der Waals surface area contributed by atoms with E-state index in [2.05, 4.69) is 22.5 Å². The molecule has 1 fully saturated rings. The summed E-state index contributed by atoms with van der Waals surface area (Å²) < 4.78 is 20.4. The smallest absolute Gasteiger partial charge is 0.322 e.